The van der Waals surface area contributed by atoms with Crippen molar-refractivity contribution in [2.75, 3.05) is 39.5 Å². The number of aliphatic hydroxyl groups excluding tert-OH is 8. The van der Waals surface area contributed by atoms with Crippen molar-refractivity contribution < 1.29 is 55.2 Å². The third kappa shape index (κ3) is 13.6. The molecule has 0 aromatic heterocycles. The van der Waals surface area contributed by atoms with E-state index < -0.39 is 49.8 Å². The quantitative estimate of drug-likeness (QED) is 0.0894. The van der Waals surface area contributed by atoms with Crippen LogP contribution in [0.2, 0.25) is 0 Å². The molecule has 0 heterocycles. The van der Waals surface area contributed by atoms with Crippen molar-refractivity contribution >= 4 is 33.8 Å². The molecule has 0 unspecified atom stereocenters. The number of thioether (sulfide) groups is 2. The summed E-state index contributed by atoms with van der Waals surface area (Å²) in [5.41, 5.74) is 1.73. The molecule has 0 amide bonds. The van der Waals surface area contributed by atoms with Gasteiger partial charge in [0, 0.05) is 43.0 Å². The van der Waals surface area contributed by atoms with Crippen molar-refractivity contribution in [3.8, 4) is 5.75 Å². The second-order valence-corrected chi connectivity index (χ2v) is 12.6. The van der Waals surface area contributed by atoms with Crippen molar-refractivity contribution in [1.82, 2.24) is 4.90 Å². The van der Waals surface area contributed by atoms with Crippen LogP contribution in [0.3, 0.4) is 0 Å². The summed E-state index contributed by atoms with van der Waals surface area (Å²) in [4.78, 5) is 25.8. The predicted molar refractivity (Wildman–Crippen MR) is 161 cm³/mol. The van der Waals surface area contributed by atoms with E-state index >= 15 is 0 Å². The van der Waals surface area contributed by atoms with Gasteiger partial charge in [0.1, 0.15) is 36.8 Å². The highest BCUT2D eigenvalue weighted by atomic mass is 32.2. The van der Waals surface area contributed by atoms with E-state index in [1.807, 2.05) is 33.8 Å². The second-order valence-electron chi connectivity index (χ2n) is 10.7. The number of ether oxygens (including phenoxy) is 1. The Bertz CT molecular complexity index is 928. The van der Waals surface area contributed by atoms with E-state index in [0.29, 0.717) is 17.3 Å². The van der Waals surface area contributed by atoms with Crippen LogP contribution in [0.15, 0.2) is 18.2 Å². The summed E-state index contributed by atoms with van der Waals surface area (Å²) in [6, 6.07) is 5.34. The SMILES string of the molecule is CC(C)C(=O)SCc1ccc(OCCN(C[C@@H](O)[C@@H](O)[C@H](O)CO)C[C@@H](O)[C@@H](O)[C@H](O)CO)cc1CSC(=O)C(C)C. The fourth-order valence-corrected chi connectivity index (χ4v) is 5.43. The van der Waals surface area contributed by atoms with E-state index in [4.69, 9.17) is 14.9 Å². The van der Waals surface area contributed by atoms with E-state index in [9.17, 15) is 40.2 Å². The number of aliphatic hydroxyl groups is 8. The van der Waals surface area contributed by atoms with Crippen LogP contribution in [-0.4, -0.2) is 132 Å². The van der Waals surface area contributed by atoms with Gasteiger partial charge >= 0.3 is 0 Å². The van der Waals surface area contributed by atoms with Crippen molar-refractivity contribution in [3.05, 3.63) is 29.3 Å². The first-order chi connectivity index (χ1) is 19.7. The van der Waals surface area contributed by atoms with Crippen molar-refractivity contribution in [3.63, 3.8) is 0 Å². The van der Waals surface area contributed by atoms with Gasteiger partial charge in [-0.05, 0) is 23.3 Å². The average Bonchev–Trinajstić information content (AvgIpc) is 2.96. The van der Waals surface area contributed by atoms with Crippen LogP contribution in [0.1, 0.15) is 38.8 Å². The van der Waals surface area contributed by atoms with Gasteiger partial charge in [0.25, 0.3) is 0 Å². The Balaban J connectivity index is 3.02. The van der Waals surface area contributed by atoms with Gasteiger partial charge in [0.05, 0.1) is 25.4 Å². The third-order valence-electron chi connectivity index (χ3n) is 6.38. The van der Waals surface area contributed by atoms with Crippen LogP contribution in [0.25, 0.3) is 0 Å². The molecule has 0 bridgehead atoms. The molecule has 0 aliphatic heterocycles. The third-order valence-corrected chi connectivity index (χ3v) is 8.80. The normalized spacial score (nSPS) is 16.4. The lowest BCUT2D eigenvalue weighted by molar-refractivity contribution is -0.114. The molecular formula is C28H47NO11S2. The van der Waals surface area contributed by atoms with Gasteiger partial charge in [0.15, 0.2) is 10.2 Å². The van der Waals surface area contributed by atoms with Crippen molar-refractivity contribution in [2.45, 2.75) is 75.8 Å². The molecule has 8 N–H and O–H groups in total. The van der Waals surface area contributed by atoms with E-state index in [1.54, 1.807) is 12.1 Å². The fraction of sp³-hybridized carbons (Fsp3) is 0.714. The van der Waals surface area contributed by atoms with E-state index in [-0.39, 0.29) is 48.3 Å². The maximum absolute atomic E-state index is 12.2. The van der Waals surface area contributed by atoms with Gasteiger partial charge in [-0.25, -0.2) is 0 Å². The highest BCUT2D eigenvalue weighted by Crippen LogP contribution is 2.28. The molecule has 242 valence electrons. The molecular weight excluding hydrogens is 590 g/mol. The van der Waals surface area contributed by atoms with Crippen LogP contribution >= 0.6 is 23.5 Å². The monoisotopic (exact) mass is 637 g/mol. The van der Waals surface area contributed by atoms with Crippen LogP contribution in [-0.2, 0) is 21.1 Å². The number of hydrogen-bond donors (Lipinski definition) is 8. The number of hydrogen-bond acceptors (Lipinski definition) is 14. The van der Waals surface area contributed by atoms with E-state index in [2.05, 4.69) is 0 Å². The minimum atomic E-state index is -1.69. The molecule has 12 nitrogen and oxygen atoms in total. The Morgan fingerprint density at radius 1 is 0.738 bits per heavy atom. The van der Waals surface area contributed by atoms with Crippen LogP contribution in [0, 0.1) is 11.8 Å². The second kappa shape index (κ2) is 19.9. The Morgan fingerprint density at radius 3 is 1.62 bits per heavy atom. The zero-order valence-corrected chi connectivity index (χ0v) is 26.2. The first-order valence-corrected chi connectivity index (χ1v) is 15.8. The Hall–Kier alpha value is -1.30. The van der Waals surface area contributed by atoms with Gasteiger partial charge < -0.3 is 45.6 Å². The summed E-state index contributed by atoms with van der Waals surface area (Å²) in [6.45, 7) is 5.23. The smallest absolute Gasteiger partial charge is 0.191 e. The lowest BCUT2D eigenvalue weighted by Crippen LogP contribution is -2.51. The largest absolute Gasteiger partial charge is 0.492 e. The molecule has 14 heteroatoms. The van der Waals surface area contributed by atoms with Gasteiger partial charge in [-0.3, -0.25) is 14.5 Å². The Labute approximate surface area is 255 Å². The minimum absolute atomic E-state index is 0.0220. The Morgan fingerprint density at radius 2 is 1.19 bits per heavy atom. The Kier molecular flexibility index (Phi) is 18.3. The molecule has 0 aliphatic carbocycles. The summed E-state index contributed by atoms with van der Waals surface area (Å²) in [5.74, 6) is 1.05. The molecule has 0 saturated heterocycles. The van der Waals surface area contributed by atoms with Crippen LogP contribution in [0.4, 0.5) is 0 Å². The minimum Gasteiger partial charge on any atom is -0.492 e. The predicted octanol–water partition coefficient (Wildman–Crippen LogP) is -0.651. The van der Waals surface area contributed by atoms with E-state index in [1.165, 1.54) is 28.4 Å². The summed E-state index contributed by atoms with van der Waals surface area (Å²) in [7, 11) is 0. The molecule has 1 aromatic carbocycles. The zero-order valence-electron chi connectivity index (χ0n) is 24.6. The molecule has 42 heavy (non-hydrogen) atoms. The van der Waals surface area contributed by atoms with Gasteiger partial charge in [-0.15, -0.1) is 0 Å². The topological polar surface area (TPSA) is 208 Å². The molecule has 6 atom stereocenters. The highest BCUT2D eigenvalue weighted by molar-refractivity contribution is 8.13. The standard InChI is InChI=1S/C28H47NO11S2/c1-16(2)27(38)41-14-18-5-6-20(9-19(18)15-42-28(39)17(3)4)40-8-7-29(10-21(32)25(36)23(34)12-30)11-22(33)26(37)24(35)13-31/h5-6,9,16-17,21-26,30-37H,7-8,10-15H2,1-4H3/t21-,22-,23-,24-,25-,26-/m1/s1. The maximum atomic E-state index is 12.2. The molecule has 0 fully saturated rings. The van der Waals surface area contributed by atoms with Crippen molar-refractivity contribution in [2.24, 2.45) is 11.8 Å². The molecule has 1 aromatic rings. The summed E-state index contributed by atoms with van der Waals surface area (Å²) in [5, 5.41) is 78.4. The molecule has 1 rings (SSSR count). The summed E-state index contributed by atoms with van der Waals surface area (Å²) in [6.07, 6.45) is -9.65. The maximum Gasteiger partial charge on any atom is 0.191 e. The molecule has 0 radical (unpaired) electrons. The number of benzene rings is 1. The molecule has 0 spiro atoms. The summed E-state index contributed by atoms with van der Waals surface area (Å²) >= 11 is 2.39. The van der Waals surface area contributed by atoms with Crippen LogP contribution in [0.5, 0.6) is 5.75 Å². The average molecular weight is 638 g/mol. The first-order valence-electron chi connectivity index (χ1n) is 13.8. The molecule has 0 saturated carbocycles. The van der Waals surface area contributed by atoms with Gasteiger partial charge in [-0.1, -0.05) is 57.3 Å². The zero-order chi connectivity index (χ0) is 32.0. The fourth-order valence-electron chi connectivity index (χ4n) is 3.62. The van der Waals surface area contributed by atoms with Crippen molar-refractivity contribution in [1.29, 1.82) is 0 Å². The van der Waals surface area contributed by atoms with Gasteiger partial charge in [0.2, 0.25) is 0 Å². The van der Waals surface area contributed by atoms with Gasteiger partial charge in [-0.2, -0.15) is 0 Å². The highest BCUT2D eigenvalue weighted by Gasteiger charge is 2.30. The number of carbonyl (C=O) groups excluding carboxylic acids is 2. The van der Waals surface area contributed by atoms with Crippen LogP contribution < -0.4 is 4.74 Å². The lowest BCUT2D eigenvalue weighted by atomic mass is 10.1. The number of carbonyl (C=O) groups is 2. The summed E-state index contributed by atoms with van der Waals surface area (Å²) < 4.78 is 5.89. The lowest BCUT2D eigenvalue weighted by Gasteiger charge is -2.32. The van der Waals surface area contributed by atoms with E-state index in [0.717, 1.165) is 11.1 Å². The molecule has 0 aliphatic rings. The first kappa shape index (κ1) is 38.7. The number of rotatable bonds is 20. The number of nitrogens with zero attached hydrogens (tertiary/aromatic N) is 1.